The largest absolute Gasteiger partial charge is 0.504 e. The van der Waals surface area contributed by atoms with Crippen LogP contribution in [0, 0.1) is 6.92 Å². The van der Waals surface area contributed by atoms with E-state index in [2.05, 4.69) is 79.2 Å². The van der Waals surface area contributed by atoms with E-state index in [0.29, 0.717) is 5.56 Å². The number of hydrogen-bond donors (Lipinski definition) is 6. The number of aromatic hydroxyl groups is 4. The van der Waals surface area contributed by atoms with Gasteiger partial charge in [-0.05, 0) is 76.5 Å². The summed E-state index contributed by atoms with van der Waals surface area (Å²) in [7, 11) is 1.94. The molecule has 0 aliphatic heterocycles. The number of phenolic OH excluding ortho intramolecular Hbond substituents is 4. The third-order valence-corrected chi connectivity index (χ3v) is 9.63. The van der Waals surface area contributed by atoms with Crippen molar-refractivity contribution < 1.29 is 20.4 Å². The second-order valence-electron chi connectivity index (χ2n) is 12.7. The molecule has 2 unspecified atom stereocenters. The molecule has 2 atom stereocenters. The predicted molar refractivity (Wildman–Crippen MR) is 217 cm³/mol. The van der Waals surface area contributed by atoms with Gasteiger partial charge < -0.3 is 25.7 Å². The molecule has 266 valence electrons. The first kappa shape index (κ1) is 36.4. The highest BCUT2D eigenvalue weighted by atomic mass is 16.3. The van der Waals surface area contributed by atoms with Gasteiger partial charge in [0.15, 0.2) is 23.0 Å². The zero-order valence-electron chi connectivity index (χ0n) is 30.0. The van der Waals surface area contributed by atoms with Gasteiger partial charge in [-0.3, -0.25) is 10.3 Å². The molecule has 0 saturated carbocycles. The molecule has 0 bridgehead atoms. The van der Waals surface area contributed by atoms with Crippen molar-refractivity contribution in [2.24, 2.45) is 4.99 Å². The van der Waals surface area contributed by atoms with Crippen LogP contribution in [-0.4, -0.2) is 33.2 Å². The summed E-state index contributed by atoms with van der Waals surface area (Å²) in [6.07, 6.45) is 2.58. The van der Waals surface area contributed by atoms with Crippen molar-refractivity contribution in [1.29, 1.82) is 0 Å². The Labute approximate surface area is 310 Å². The Bertz CT molecular complexity index is 2270. The maximum absolute atomic E-state index is 10.7. The van der Waals surface area contributed by atoms with Crippen molar-refractivity contribution in [2.75, 3.05) is 7.05 Å². The number of benzene rings is 6. The van der Waals surface area contributed by atoms with E-state index >= 15 is 0 Å². The minimum absolute atomic E-state index is 0.0782. The van der Waals surface area contributed by atoms with Crippen molar-refractivity contribution in [1.82, 2.24) is 10.6 Å². The lowest BCUT2D eigenvalue weighted by molar-refractivity contribution is 0.374. The third kappa shape index (κ3) is 7.21. The van der Waals surface area contributed by atoms with Crippen molar-refractivity contribution in [3.05, 3.63) is 168 Å². The lowest BCUT2D eigenvalue weighted by Crippen LogP contribution is -2.34. The number of nitrogens with one attached hydrogen (secondary N) is 2. The normalized spacial score (nSPS) is 12.6. The van der Waals surface area contributed by atoms with Gasteiger partial charge in [-0.25, -0.2) is 0 Å². The first-order valence-electron chi connectivity index (χ1n) is 17.3. The van der Waals surface area contributed by atoms with Crippen LogP contribution in [0.5, 0.6) is 23.0 Å². The lowest BCUT2D eigenvalue weighted by atomic mass is 9.87. The van der Waals surface area contributed by atoms with Gasteiger partial charge in [-0.1, -0.05) is 147 Å². The van der Waals surface area contributed by atoms with Gasteiger partial charge in [0.1, 0.15) is 6.17 Å². The number of rotatable bonds is 12. The molecule has 0 heterocycles. The van der Waals surface area contributed by atoms with E-state index < -0.39 is 23.0 Å². The Morgan fingerprint density at radius 3 is 1.72 bits per heavy atom. The smallest absolute Gasteiger partial charge is 0.170 e. The molecule has 6 N–H and O–H groups in total. The summed E-state index contributed by atoms with van der Waals surface area (Å²) in [5.41, 5.74) is 10.2. The molecule has 0 radical (unpaired) electrons. The average Bonchev–Trinajstić information content (AvgIpc) is 3.19. The molecule has 6 rings (SSSR count). The summed E-state index contributed by atoms with van der Waals surface area (Å²) in [4.78, 5) is 5.27. The quantitative estimate of drug-likeness (QED) is 0.0327. The average molecular weight is 702 g/mol. The highest BCUT2D eigenvalue weighted by Crippen LogP contribution is 2.51. The van der Waals surface area contributed by atoms with Crippen molar-refractivity contribution in [3.63, 3.8) is 0 Å². The monoisotopic (exact) mass is 701 g/mol. The third-order valence-electron chi connectivity index (χ3n) is 9.63. The Hall–Kier alpha value is -6.41. The fraction of sp³-hybridized carbons (Fsp3) is 0.109. The maximum Gasteiger partial charge on any atom is 0.170 e. The van der Waals surface area contributed by atoms with Crippen LogP contribution < -0.4 is 10.6 Å². The second kappa shape index (κ2) is 15.9. The molecule has 0 fully saturated rings. The van der Waals surface area contributed by atoms with Crippen molar-refractivity contribution in [2.45, 2.75) is 26.2 Å². The molecule has 53 heavy (non-hydrogen) atoms. The lowest BCUT2D eigenvalue weighted by Gasteiger charge is -2.25. The highest BCUT2D eigenvalue weighted by molar-refractivity contribution is 6.02. The van der Waals surface area contributed by atoms with E-state index in [4.69, 9.17) is 4.99 Å². The molecular formula is C46H43N3O4. The maximum atomic E-state index is 10.7. The number of hydrogen-bond acceptors (Lipinski definition) is 7. The Morgan fingerprint density at radius 1 is 0.604 bits per heavy atom. The van der Waals surface area contributed by atoms with E-state index in [1.165, 1.54) is 0 Å². The summed E-state index contributed by atoms with van der Waals surface area (Å²) < 4.78 is 0. The minimum atomic E-state index is -0.560. The minimum Gasteiger partial charge on any atom is -0.504 e. The molecule has 0 aliphatic carbocycles. The first-order valence-corrected chi connectivity index (χ1v) is 17.3. The molecular weight excluding hydrogens is 659 g/mol. The van der Waals surface area contributed by atoms with E-state index in [0.717, 1.165) is 61.9 Å². The number of phenols is 4. The summed E-state index contributed by atoms with van der Waals surface area (Å²) in [5.74, 6) is -2.21. The molecule has 6 aromatic carbocycles. The molecule has 0 spiro atoms. The Kier molecular flexibility index (Phi) is 10.9. The summed E-state index contributed by atoms with van der Waals surface area (Å²) in [5, 5.41) is 49.3. The van der Waals surface area contributed by atoms with Crippen LogP contribution in [0.1, 0.15) is 52.6 Å². The molecule has 7 nitrogen and oxygen atoms in total. The molecule has 0 amide bonds. The summed E-state index contributed by atoms with van der Waals surface area (Å²) >= 11 is 0. The number of aliphatic imine (C=N–C) groups is 1. The second-order valence-corrected chi connectivity index (χ2v) is 12.7. The molecule has 6 aromatic rings. The zero-order valence-corrected chi connectivity index (χ0v) is 30.0. The Morgan fingerprint density at radius 2 is 1.13 bits per heavy atom. The van der Waals surface area contributed by atoms with Crippen LogP contribution in [0.3, 0.4) is 0 Å². The summed E-state index contributed by atoms with van der Waals surface area (Å²) in [6.45, 7) is 11.9. The highest BCUT2D eigenvalue weighted by Gasteiger charge is 2.24. The van der Waals surface area contributed by atoms with E-state index in [-0.39, 0.29) is 23.5 Å². The van der Waals surface area contributed by atoms with Gasteiger partial charge in [0.25, 0.3) is 0 Å². The van der Waals surface area contributed by atoms with Gasteiger partial charge in [0, 0.05) is 5.71 Å². The van der Waals surface area contributed by atoms with Crippen molar-refractivity contribution >= 4 is 17.9 Å². The van der Waals surface area contributed by atoms with Crippen LogP contribution in [0.15, 0.2) is 139 Å². The zero-order chi connectivity index (χ0) is 37.6. The van der Waals surface area contributed by atoms with Gasteiger partial charge >= 0.3 is 0 Å². The fourth-order valence-electron chi connectivity index (χ4n) is 6.85. The molecule has 0 aromatic heterocycles. The van der Waals surface area contributed by atoms with E-state index in [1.807, 2.05) is 80.7 Å². The van der Waals surface area contributed by atoms with Gasteiger partial charge in [0.05, 0.1) is 17.3 Å². The van der Waals surface area contributed by atoms with Crippen molar-refractivity contribution in [3.8, 4) is 56.4 Å². The van der Waals surface area contributed by atoms with Crippen LogP contribution in [0.4, 0.5) is 0 Å². The van der Waals surface area contributed by atoms with E-state index in [1.54, 1.807) is 12.1 Å². The molecule has 0 saturated heterocycles. The predicted octanol–water partition coefficient (Wildman–Crippen LogP) is 10.1. The number of nitrogens with zero attached hydrogens (tertiary/aromatic N) is 1. The molecule has 7 heteroatoms. The van der Waals surface area contributed by atoms with Gasteiger partial charge in [-0.2, -0.15) is 0 Å². The van der Waals surface area contributed by atoms with Gasteiger partial charge in [-0.15, -0.1) is 0 Å². The van der Waals surface area contributed by atoms with Crippen LogP contribution in [-0.2, 0) is 0 Å². The van der Waals surface area contributed by atoms with Crippen LogP contribution in [0.25, 0.3) is 45.5 Å². The SMILES string of the molecule is C=Cc1c(-c2ccc(-c3c(O)c(O)c(C=C)c(O)c3O)cc2)cccc1-c1cccc(/C(C)=N/C(NC(NC)c2ccccc2)c2ccccc2)c1C. The van der Waals surface area contributed by atoms with Gasteiger partial charge in [0.2, 0.25) is 0 Å². The van der Waals surface area contributed by atoms with E-state index in [9.17, 15) is 20.4 Å². The standard InChI is InChI=1S/C46H43N3O4/c1-6-34-38(30-24-26-31(27-25-30)40-43(52)41(50)35(7-2)42(51)44(40)53)22-15-23-39(34)37-21-14-20-36(28(37)3)29(4)48-46(33-18-12-9-13-19-33)49-45(47-5)32-16-10-8-11-17-32/h6-27,45-47,49-53H,1-2H2,3-5H3/b48-29+. The van der Waals surface area contributed by atoms with Crippen LogP contribution in [0.2, 0.25) is 0 Å². The topological polar surface area (TPSA) is 117 Å². The first-order chi connectivity index (χ1) is 25.7. The fourth-order valence-corrected chi connectivity index (χ4v) is 6.85. The molecule has 0 aliphatic rings. The van der Waals surface area contributed by atoms with Crippen LogP contribution >= 0.6 is 0 Å². The summed E-state index contributed by atoms with van der Waals surface area (Å²) in [6, 6.07) is 40.0. The Balaban J connectivity index is 1.37.